The number of esters is 3. The number of carbonyl (C=O) groups is 3. The van der Waals surface area contributed by atoms with Crippen molar-refractivity contribution in [3.63, 3.8) is 0 Å². The molecular weight excluding hydrogens is 398 g/mol. The van der Waals surface area contributed by atoms with Crippen LogP contribution in [0.5, 0.6) is 11.5 Å². The minimum absolute atomic E-state index is 0.0313. The summed E-state index contributed by atoms with van der Waals surface area (Å²) in [4.78, 5) is 45.8. The molecule has 0 aliphatic carbocycles. The first-order chi connectivity index (χ1) is 14.3. The predicted octanol–water partition coefficient (Wildman–Crippen LogP) is 2.80. The largest absolute Gasteiger partial charge is 0.493 e. The van der Waals surface area contributed by atoms with Crippen LogP contribution in [0, 0.1) is 10.1 Å². The van der Waals surface area contributed by atoms with E-state index in [-0.39, 0.29) is 22.6 Å². The Balaban J connectivity index is 2.34. The lowest BCUT2D eigenvalue weighted by molar-refractivity contribution is -0.384. The lowest BCUT2D eigenvalue weighted by atomic mass is 10.1. The first-order valence-electron chi connectivity index (χ1n) is 8.33. The predicted molar refractivity (Wildman–Crippen MR) is 103 cm³/mol. The highest BCUT2D eigenvalue weighted by atomic mass is 16.6. The minimum atomic E-state index is -0.944. The van der Waals surface area contributed by atoms with E-state index in [1.807, 2.05) is 0 Å². The molecule has 10 nitrogen and oxygen atoms in total. The molecular formula is C20H17NO9. The highest BCUT2D eigenvalue weighted by molar-refractivity contribution is 5.97. The number of rotatable bonds is 7. The first kappa shape index (κ1) is 22.1. The van der Waals surface area contributed by atoms with Crippen molar-refractivity contribution in [2.45, 2.75) is 0 Å². The van der Waals surface area contributed by atoms with Gasteiger partial charge in [-0.25, -0.2) is 14.4 Å². The number of benzene rings is 2. The molecule has 0 unspecified atom stereocenters. The van der Waals surface area contributed by atoms with Crippen LogP contribution in [-0.4, -0.2) is 44.2 Å². The summed E-state index contributed by atoms with van der Waals surface area (Å²) in [5, 5.41) is 11.1. The monoisotopic (exact) mass is 415 g/mol. The topological polar surface area (TPSA) is 131 Å². The standard InChI is InChI=1S/C20H17NO9/c1-27-17-8-12(5-7-18(22)28-2)4-6-16(17)30-20(24)14-9-13(19(23)29-3)10-15(11-14)21(25)26/h4-11H,1-3H3/b7-5+. The number of carbonyl (C=O) groups excluding carboxylic acids is 3. The van der Waals surface area contributed by atoms with Crippen LogP contribution in [0.1, 0.15) is 26.3 Å². The maximum Gasteiger partial charge on any atom is 0.343 e. The van der Waals surface area contributed by atoms with E-state index >= 15 is 0 Å². The van der Waals surface area contributed by atoms with E-state index in [1.165, 1.54) is 38.5 Å². The van der Waals surface area contributed by atoms with Gasteiger partial charge in [0.1, 0.15) is 0 Å². The molecule has 0 spiro atoms. The lowest BCUT2D eigenvalue weighted by Crippen LogP contribution is -2.12. The van der Waals surface area contributed by atoms with Gasteiger partial charge in [0.2, 0.25) is 0 Å². The molecule has 0 saturated heterocycles. The maximum absolute atomic E-state index is 12.5. The van der Waals surface area contributed by atoms with Crippen LogP contribution in [-0.2, 0) is 14.3 Å². The van der Waals surface area contributed by atoms with Gasteiger partial charge in [-0.15, -0.1) is 0 Å². The van der Waals surface area contributed by atoms with Crippen LogP contribution < -0.4 is 9.47 Å². The van der Waals surface area contributed by atoms with Gasteiger partial charge in [-0.05, 0) is 29.8 Å². The van der Waals surface area contributed by atoms with E-state index in [0.29, 0.717) is 5.56 Å². The van der Waals surface area contributed by atoms with Gasteiger partial charge >= 0.3 is 17.9 Å². The minimum Gasteiger partial charge on any atom is -0.493 e. The molecule has 0 aliphatic heterocycles. The molecule has 0 bridgehead atoms. The van der Waals surface area contributed by atoms with Crippen LogP contribution in [0.15, 0.2) is 42.5 Å². The van der Waals surface area contributed by atoms with Crippen LogP contribution in [0.25, 0.3) is 6.08 Å². The van der Waals surface area contributed by atoms with E-state index < -0.39 is 28.5 Å². The fourth-order valence-electron chi connectivity index (χ4n) is 2.33. The van der Waals surface area contributed by atoms with Crippen molar-refractivity contribution in [1.29, 1.82) is 0 Å². The Bertz CT molecular complexity index is 1030. The molecule has 0 saturated carbocycles. The van der Waals surface area contributed by atoms with Crippen molar-refractivity contribution in [3.05, 3.63) is 69.3 Å². The van der Waals surface area contributed by atoms with E-state index in [0.717, 1.165) is 25.3 Å². The van der Waals surface area contributed by atoms with Gasteiger partial charge in [0.25, 0.3) is 5.69 Å². The number of methoxy groups -OCH3 is 3. The summed E-state index contributed by atoms with van der Waals surface area (Å²) in [7, 11) is 3.71. The Kier molecular flexibility index (Phi) is 7.23. The molecule has 0 aliphatic rings. The van der Waals surface area contributed by atoms with E-state index in [4.69, 9.17) is 9.47 Å². The van der Waals surface area contributed by atoms with Gasteiger partial charge in [0, 0.05) is 18.2 Å². The number of ether oxygens (including phenoxy) is 4. The fraction of sp³-hybridized carbons (Fsp3) is 0.150. The Labute approximate surface area is 170 Å². The number of nitro groups is 1. The fourth-order valence-corrected chi connectivity index (χ4v) is 2.33. The average Bonchev–Trinajstić information content (AvgIpc) is 2.76. The molecule has 2 rings (SSSR count). The maximum atomic E-state index is 12.5. The Morgan fingerprint density at radius 1 is 0.900 bits per heavy atom. The summed E-state index contributed by atoms with van der Waals surface area (Å²) < 4.78 is 19.5. The Morgan fingerprint density at radius 2 is 1.57 bits per heavy atom. The number of hydrogen-bond donors (Lipinski definition) is 0. The van der Waals surface area contributed by atoms with E-state index in [9.17, 15) is 24.5 Å². The molecule has 0 atom stereocenters. The van der Waals surface area contributed by atoms with Gasteiger partial charge in [-0.2, -0.15) is 0 Å². The van der Waals surface area contributed by atoms with Crippen molar-refractivity contribution < 1.29 is 38.3 Å². The van der Waals surface area contributed by atoms with Gasteiger partial charge < -0.3 is 18.9 Å². The zero-order valence-electron chi connectivity index (χ0n) is 16.2. The summed E-state index contributed by atoms with van der Waals surface area (Å²) in [6.45, 7) is 0. The molecule has 0 aromatic heterocycles. The Morgan fingerprint density at radius 3 is 2.13 bits per heavy atom. The number of hydrogen-bond acceptors (Lipinski definition) is 9. The van der Waals surface area contributed by atoms with E-state index in [1.54, 1.807) is 6.07 Å². The second kappa shape index (κ2) is 9.82. The van der Waals surface area contributed by atoms with Gasteiger partial charge in [-0.1, -0.05) is 6.07 Å². The molecule has 30 heavy (non-hydrogen) atoms. The van der Waals surface area contributed by atoms with Crippen LogP contribution in [0.3, 0.4) is 0 Å². The number of nitrogens with zero attached hydrogens (tertiary/aromatic N) is 1. The Hall–Kier alpha value is -4.21. The van der Waals surface area contributed by atoms with E-state index in [2.05, 4.69) is 9.47 Å². The van der Waals surface area contributed by atoms with Crippen molar-refractivity contribution in [3.8, 4) is 11.5 Å². The van der Waals surface area contributed by atoms with Crippen molar-refractivity contribution >= 4 is 29.7 Å². The molecule has 2 aromatic carbocycles. The summed E-state index contributed by atoms with van der Waals surface area (Å²) in [5.41, 5.74) is -0.296. The third kappa shape index (κ3) is 5.41. The highest BCUT2D eigenvalue weighted by Crippen LogP contribution is 2.30. The third-order valence-corrected chi connectivity index (χ3v) is 3.79. The molecule has 0 fully saturated rings. The van der Waals surface area contributed by atoms with Crippen LogP contribution >= 0.6 is 0 Å². The van der Waals surface area contributed by atoms with Gasteiger partial charge in [-0.3, -0.25) is 10.1 Å². The second-order valence-corrected chi connectivity index (χ2v) is 5.67. The molecule has 156 valence electrons. The molecule has 0 heterocycles. The van der Waals surface area contributed by atoms with Crippen LogP contribution in [0.4, 0.5) is 5.69 Å². The van der Waals surface area contributed by atoms with Crippen LogP contribution in [0.2, 0.25) is 0 Å². The zero-order valence-corrected chi connectivity index (χ0v) is 16.2. The zero-order chi connectivity index (χ0) is 22.3. The SMILES string of the molecule is COC(=O)/C=C/c1ccc(OC(=O)c2cc(C(=O)OC)cc([N+](=O)[O-])c2)c(OC)c1. The molecule has 0 radical (unpaired) electrons. The summed E-state index contributed by atoms with van der Waals surface area (Å²) >= 11 is 0. The van der Waals surface area contributed by atoms with Crippen molar-refractivity contribution in [1.82, 2.24) is 0 Å². The molecule has 10 heteroatoms. The molecule has 0 N–H and O–H groups in total. The number of nitro benzene ring substituents is 1. The second-order valence-electron chi connectivity index (χ2n) is 5.67. The smallest absolute Gasteiger partial charge is 0.343 e. The quantitative estimate of drug-likeness (QED) is 0.220. The lowest BCUT2D eigenvalue weighted by Gasteiger charge is -2.10. The summed E-state index contributed by atoms with van der Waals surface area (Å²) in [6, 6.07) is 7.58. The number of non-ortho nitro benzene ring substituents is 1. The summed E-state index contributed by atoms with van der Waals surface area (Å²) in [5.74, 6) is -2.12. The average molecular weight is 415 g/mol. The highest BCUT2D eigenvalue weighted by Gasteiger charge is 2.20. The first-order valence-corrected chi connectivity index (χ1v) is 8.33. The van der Waals surface area contributed by atoms with Crippen molar-refractivity contribution in [2.75, 3.05) is 21.3 Å². The normalized spacial score (nSPS) is 10.4. The molecule has 2 aromatic rings. The third-order valence-electron chi connectivity index (χ3n) is 3.79. The van der Waals surface area contributed by atoms with Crippen molar-refractivity contribution in [2.24, 2.45) is 0 Å². The van der Waals surface area contributed by atoms with Gasteiger partial charge in [0.15, 0.2) is 11.5 Å². The van der Waals surface area contributed by atoms with Gasteiger partial charge in [0.05, 0.1) is 37.4 Å². The summed E-state index contributed by atoms with van der Waals surface area (Å²) in [6.07, 6.45) is 2.68. The molecule has 0 amide bonds.